The number of carbonyl (C=O) groups excluding carboxylic acids is 1. The van der Waals surface area contributed by atoms with Crippen molar-refractivity contribution in [2.24, 2.45) is 0 Å². The number of hydrogen-bond acceptors (Lipinski definition) is 3. The molecule has 0 aliphatic carbocycles. The first kappa shape index (κ1) is 14.1. The molecule has 2 amide bonds. The minimum Gasteiger partial charge on any atom is -0.378 e. The molecule has 0 unspecified atom stereocenters. The third-order valence-electron chi connectivity index (χ3n) is 2.61. The van der Waals surface area contributed by atoms with Crippen LogP contribution in [0.2, 0.25) is 5.02 Å². The van der Waals surface area contributed by atoms with Gasteiger partial charge in [-0.05, 0) is 36.4 Å². The molecule has 0 spiro atoms. The van der Waals surface area contributed by atoms with E-state index in [4.69, 9.17) is 11.6 Å². The molecule has 1 aromatic heterocycles. The number of carbonyl (C=O) groups is 1. The van der Waals surface area contributed by atoms with E-state index in [9.17, 15) is 4.79 Å². The molecule has 0 fully saturated rings. The van der Waals surface area contributed by atoms with E-state index < -0.39 is 0 Å². The average molecular weight is 291 g/mol. The number of aromatic nitrogens is 1. The van der Waals surface area contributed by atoms with Gasteiger partial charge in [-0.2, -0.15) is 0 Å². The molecule has 0 saturated carbocycles. The number of urea groups is 1. The Bertz CT molecular complexity index is 598. The maximum absolute atomic E-state index is 11.8. The highest BCUT2D eigenvalue weighted by Gasteiger charge is 2.04. The van der Waals surface area contributed by atoms with Crippen LogP contribution in [0.5, 0.6) is 0 Å². The summed E-state index contributed by atoms with van der Waals surface area (Å²) in [6, 6.07) is 10.4. The second-order valence-electron chi connectivity index (χ2n) is 4.38. The maximum atomic E-state index is 11.8. The second kappa shape index (κ2) is 6.25. The number of nitrogens with zero attached hydrogens (tertiary/aromatic N) is 2. The average Bonchev–Trinajstić information content (AvgIpc) is 2.39. The molecule has 0 radical (unpaired) electrons. The molecule has 6 heteroatoms. The third kappa shape index (κ3) is 3.86. The smallest absolute Gasteiger partial charge is 0.324 e. The lowest BCUT2D eigenvalue weighted by atomic mass is 10.2. The Labute approximate surface area is 122 Å². The standard InChI is InChI=1S/C14H15ClN4O/c1-19(2)12-5-3-11(4-6-12)17-14(20)18-13-9-10(15)7-8-16-13/h3-9H,1-2H3,(H2,16,17,18,20). The van der Waals surface area contributed by atoms with E-state index >= 15 is 0 Å². The third-order valence-corrected chi connectivity index (χ3v) is 2.84. The number of pyridine rings is 1. The molecular weight excluding hydrogens is 276 g/mol. The molecule has 0 aliphatic rings. The van der Waals surface area contributed by atoms with E-state index in [0.29, 0.717) is 16.5 Å². The van der Waals surface area contributed by atoms with Crippen LogP contribution in [0.3, 0.4) is 0 Å². The van der Waals surface area contributed by atoms with Gasteiger partial charge >= 0.3 is 6.03 Å². The predicted octanol–water partition coefficient (Wildman–Crippen LogP) is 3.45. The van der Waals surface area contributed by atoms with Gasteiger partial charge in [-0.3, -0.25) is 5.32 Å². The monoisotopic (exact) mass is 290 g/mol. The molecule has 0 saturated heterocycles. The van der Waals surface area contributed by atoms with Crippen LogP contribution >= 0.6 is 11.6 Å². The normalized spacial score (nSPS) is 9.95. The van der Waals surface area contributed by atoms with Gasteiger partial charge in [-0.15, -0.1) is 0 Å². The lowest BCUT2D eigenvalue weighted by Gasteiger charge is -2.13. The van der Waals surface area contributed by atoms with Crippen LogP contribution in [0.1, 0.15) is 0 Å². The van der Waals surface area contributed by atoms with Crippen LogP contribution in [0.4, 0.5) is 22.0 Å². The predicted molar refractivity (Wildman–Crippen MR) is 82.7 cm³/mol. The van der Waals surface area contributed by atoms with Gasteiger partial charge in [0, 0.05) is 36.7 Å². The van der Waals surface area contributed by atoms with Crippen LogP contribution in [-0.4, -0.2) is 25.1 Å². The molecule has 2 rings (SSSR count). The molecule has 1 heterocycles. The number of rotatable bonds is 3. The van der Waals surface area contributed by atoms with Crippen molar-refractivity contribution in [1.82, 2.24) is 4.98 Å². The Morgan fingerprint density at radius 1 is 1.15 bits per heavy atom. The fraction of sp³-hybridized carbons (Fsp3) is 0.143. The van der Waals surface area contributed by atoms with Gasteiger partial charge in [0.15, 0.2) is 0 Å². The van der Waals surface area contributed by atoms with E-state index in [1.165, 1.54) is 6.20 Å². The van der Waals surface area contributed by atoms with Crippen LogP contribution < -0.4 is 15.5 Å². The van der Waals surface area contributed by atoms with E-state index in [1.807, 2.05) is 43.3 Å². The molecule has 0 atom stereocenters. The molecule has 1 aromatic carbocycles. The van der Waals surface area contributed by atoms with Gasteiger partial charge in [0.1, 0.15) is 5.82 Å². The fourth-order valence-electron chi connectivity index (χ4n) is 1.59. The molecule has 2 N–H and O–H groups in total. The SMILES string of the molecule is CN(C)c1ccc(NC(=O)Nc2cc(Cl)ccn2)cc1. The zero-order valence-electron chi connectivity index (χ0n) is 11.2. The van der Waals surface area contributed by atoms with Crippen molar-refractivity contribution in [3.8, 4) is 0 Å². The Kier molecular flexibility index (Phi) is 4.42. The van der Waals surface area contributed by atoms with Gasteiger partial charge in [-0.1, -0.05) is 11.6 Å². The lowest BCUT2D eigenvalue weighted by Crippen LogP contribution is -2.20. The Balaban J connectivity index is 1.97. The van der Waals surface area contributed by atoms with E-state index in [1.54, 1.807) is 12.1 Å². The summed E-state index contributed by atoms with van der Waals surface area (Å²) in [7, 11) is 3.92. The number of benzene rings is 1. The molecule has 0 bridgehead atoms. The van der Waals surface area contributed by atoms with Crippen molar-refractivity contribution in [1.29, 1.82) is 0 Å². The first-order chi connectivity index (χ1) is 9.54. The van der Waals surface area contributed by atoms with Crippen molar-refractivity contribution in [3.63, 3.8) is 0 Å². The molecule has 5 nitrogen and oxygen atoms in total. The topological polar surface area (TPSA) is 57.3 Å². The van der Waals surface area contributed by atoms with Crippen LogP contribution in [0, 0.1) is 0 Å². The highest BCUT2D eigenvalue weighted by molar-refractivity contribution is 6.30. The Hall–Kier alpha value is -2.27. The number of halogens is 1. The highest BCUT2D eigenvalue weighted by Crippen LogP contribution is 2.16. The summed E-state index contributed by atoms with van der Waals surface area (Å²) < 4.78 is 0. The van der Waals surface area contributed by atoms with Crippen molar-refractivity contribution in [3.05, 3.63) is 47.6 Å². The first-order valence-corrected chi connectivity index (χ1v) is 6.39. The Morgan fingerprint density at radius 2 is 1.85 bits per heavy atom. The van der Waals surface area contributed by atoms with Gasteiger partial charge in [0.2, 0.25) is 0 Å². The maximum Gasteiger partial charge on any atom is 0.324 e. The first-order valence-electron chi connectivity index (χ1n) is 6.01. The summed E-state index contributed by atoms with van der Waals surface area (Å²) in [5.41, 5.74) is 1.77. The molecule has 2 aromatic rings. The van der Waals surface area contributed by atoms with E-state index in [0.717, 1.165) is 5.69 Å². The van der Waals surface area contributed by atoms with Gasteiger partial charge < -0.3 is 10.2 Å². The lowest BCUT2D eigenvalue weighted by molar-refractivity contribution is 0.262. The minimum atomic E-state index is -0.364. The zero-order valence-corrected chi connectivity index (χ0v) is 12.0. The highest BCUT2D eigenvalue weighted by atomic mass is 35.5. The van der Waals surface area contributed by atoms with Crippen LogP contribution in [-0.2, 0) is 0 Å². The number of anilines is 3. The molecule has 20 heavy (non-hydrogen) atoms. The van der Waals surface area contributed by atoms with Gasteiger partial charge in [0.05, 0.1) is 0 Å². The van der Waals surface area contributed by atoms with Crippen molar-refractivity contribution in [2.45, 2.75) is 0 Å². The summed E-state index contributed by atoms with van der Waals surface area (Å²) in [6.07, 6.45) is 1.53. The Morgan fingerprint density at radius 3 is 2.45 bits per heavy atom. The van der Waals surface area contributed by atoms with E-state index in [2.05, 4.69) is 15.6 Å². The number of amides is 2. The summed E-state index contributed by atoms with van der Waals surface area (Å²) in [6.45, 7) is 0. The fourth-order valence-corrected chi connectivity index (χ4v) is 1.75. The number of nitrogens with one attached hydrogen (secondary N) is 2. The quantitative estimate of drug-likeness (QED) is 0.910. The largest absolute Gasteiger partial charge is 0.378 e. The molecule has 0 aliphatic heterocycles. The number of hydrogen-bond donors (Lipinski definition) is 2. The summed E-state index contributed by atoms with van der Waals surface area (Å²) >= 11 is 5.82. The summed E-state index contributed by atoms with van der Waals surface area (Å²) in [5, 5.41) is 5.86. The van der Waals surface area contributed by atoms with Crippen LogP contribution in [0.15, 0.2) is 42.6 Å². The van der Waals surface area contributed by atoms with E-state index in [-0.39, 0.29) is 6.03 Å². The second-order valence-corrected chi connectivity index (χ2v) is 4.82. The van der Waals surface area contributed by atoms with Gasteiger partial charge in [-0.25, -0.2) is 9.78 Å². The van der Waals surface area contributed by atoms with Crippen molar-refractivity contribution >= 4 is 34.8 Å². The zero-order chi connectivity index (χ0) is 14.5. The summed E-state index contributed by atoms with van der Waals surface area (Å²) in [4.78, 5) is 17.8. The minimum absolute atomic E-state index is 0.364. The summed E-state index contributed by atoms with van der Waals surface area (Å²) in [5.74, 6) is 0.403. The van der Waals surface area contributed by atoms with Gasteiger partial charge in [0.25, 0.3) is 0 Å². The molecular formula is C14H15ClN4O. The van der Waals surface area contributed by atoms with Crippen molar-refractivity contribution in [2.75, 3.05) is 29.6 Å². The van der Waals surface area contributed by atoms with Crippen LogP contribution in [0.25, 0.3) is 0 Å². The molecule has 104 valence electrons. The van der Waals surface area contributed by atoms with Crippen molar-refractivity contribution < 1.29 is 4.79 Å².